The van der Waals surface area contributed by atoms with E-state index in [2.05, 4.69) is 47.2 Å². The van der Waals surface area contributed by atoms with E-state index < -0.39 is 108 Å². The molecule has 0 saturated carbocycles. The molecule has 15 N–H and O–H groups in total. The Bertz CT molecular complexity index is 3120. The predicted octanol–water partition coefficient (Wildman–Crippen LogP) is 0.581. The standard InChI is InChI=1S/C54H61ClN12O9S2/c1-29(68)46-54(76)66-45(52(74)61-40(47(58)69)21-31-12-15-33-8-2-3-9-34(33)19-31)28-78-77-27-44(65-48(70)38(57)20-30-13-16-36(55)17-14-30)53(75)62-41(22-32-7-6-18-59-25-32)49(71)63-42(50(72)64-43(24-56)51(73)67-46)23-35-26-60-39-11-5-4-10-37(35)39/h2-19,25-26,29,38,40-46,60,68H,20-24,27-28,56-57H2,1H3,(H2,58,69)(H,61,74)(H,62,75)(H,63,71)(H,64,72)(H,65,70)(H,66,76)(H,67,73)/t29-,38+,40+,41+,42-,43-,44-,45+,46+/m1/s1. The first kappa shape index (κ1) is 58.1. The number of benzene rings is 4. The number of nitrogens with zero attached hydrogens (tertiary/aromatic N) is 1. The van der Waals surface area contributed by atoms with Crippen LogP contribution in [0.3, 0.4) is 0 Å². The molecule has 7 rings (SSSR count). The van der Waals surface area contributed by atoms with Gasteiger partial charge < -0.3 is 64.5 Å². The Morgan fingerprint density at radius 1 is 0.731 bits per heavy atom. The van der Waals surface area contributed by atoms with Crippen LogP contribution in [0.5, 0.6) is 0 Å². The lowest BCUT2D eigenvalue weighted by Gasteiger charge is -2.29. The molecule has 0 unspecified atom stereocenters. The first-order valence-electron chi connectivity index (χ1n) is 24.9. The summed E-state index contributed by atoms with van der Waals surface area (Å²) in [5, 5.41) is 32.5. The van der Waals surface area contributed by atoms with E-state index in [0.717, 1.165) is 43.3 Å². The van der Waals surface area contributed by atoms with Gasteiger partial charge in [-0.2, -0.15) is 0 Å². The number of nitrogens with one attached hydrogen (secondary N) is 8. The second-order valence-electron chi connectivity index (χ2n) is 18.8. The Hall–Kier alpha value is -7.54. The number of aromatic amines is 1. The third kappa shape index (κ3) is 16.0. The summed E-state index contributed by atoms with van der Waals surface area (Å²) in [7, 11) is 2.00. The summed E-state index contributed by atoms with van der Waals surface area (Å²) < 4.78 is 0. The fourth-order valence-electron chi connectivity index (χ4n) is 8.60. The molecule has 0 spiro atoms. The van der Waals surface area contributed by atoms with Gasteiger partial charge in [-0.3, -0.25) is 43.3 Å². The number of aromatic nitrogens is 2. The molecule has 0 radical (unpaired) electrons. The predicted molar refractivity (Wildman–Crippen MR) is 299 cm³/mol. The van der Waals surface area contributed by atoms with Crippen molar-refractivity contribution < 1.29 is 43.5 Å². The van der Waals surface area contributed by atoms with Gasteiger partial charge in [0, 0.05) is 71.8 Å². The topological polar surface area (TPSA) is 348 Å². The molecule has 1 aliphatic heterocycles. The molecule has 0 aliphatic carbocycles. The van der Waals surface area contributed by atoms with E-state index in [9.17, 15) is 43.5 Å². The van der Waals surface area contributed by atoms with Gasteiger partial charge in [0.1, 0.15) is 42.3 Å². The second kappa shape index (κ2) is 27.7. The maximum atomic E-state index is 14.7. The van der Waals surface area contributed by atoms with E-state index in [0.29, 0.717) is 27.3 Å². The smallest absolute Gasteiger partial charge is 0.245 e. The van der Waals surface area contributed by atoms with E-state index in [1.165, 1.54) is 19.3 Å². The van der Waals surface area contributed by atoms with Gasteiger partial charge in [-0.1, -0.05) is 112 Å². The van der Waals surface area contributed by atoms with E-state index in [4.69, 9.17) is 28.8 Å². The number of halogens is 1. The lowest BCUT2D eigenvalue weighted by atomic mass is 10.0. The number of rotatable bonds is 15. The number of nitrogens with two attached hydrogens (primary N) is 3. The zero-order valence-electron chi connectivity index (χ0n) is 42.3. The molecule has 0 bridgehead atoms. The number of amides is 8. The van der Waals surface area contributed by atoms with Gasteiger partial charge in [-0.05, 0) is 70.6 Å². The van der Waals surface area contributed by atoms with Crippen molar-refractivity contribution in [1.82, 2.24) is 47.2 Å². The summed E-state index contributed by atoms with van der Waals surface area (Å²) >= 11 is 6.08. The molecule has 4 aromatic carbocycles. The minimum Gasteiger partial charge on any atom is -0.391 e. The maximum absolute atomic E-state index is 14.7. The number of fused-ring (bicyclic) bond motifs is 2. The Balaban J connectivity index is 1.22. The number of primary amides is 1. The molecule has 6 aromatic rings. The number of aliphatic hydroxyl groups is 1. The summed E-state index contributed by atoms with van der Waals surface area (Å²) in [6.07, 6.45) is 2.89. The fourth-order valence-corrected chi connectivity index (χ4v) is 11.1. The number of para-hydroxylation sites is 1. The van der Waals surface area contributed by atoms with Crippen LogP contribution in [0, 0.1) is 0 Å². The Morgan fingerprint density at radius 3 is 2.09 bits per heavy atom. The van der Waals surface area contributed by atoms with Crippen molar-refractivity contribution in [3.63, 3.8) is 0 Å². The molecule has 1 fully saturated rings. The maximum Gasteiger partial charge on any atom is 0.245 e. The van der Waals surface area contributed by atoms with Gasteiger partial charge in [-0.15, -0.1) is 0 Å². The number of hydrogen-bond donors (Lipinski definition) is 12. The monoisotopic (exact) mass is 1120 g/mol. The molecule has 1 saturated heterocycles. The van der Waals surface area contributed by atoms with Crippen LogP contribution in [0.25, 0.3) is 21.7 Å². The normalized spacial score (nSPS) is 21.4. The number of H-pyrrole nitrogens is 1. The van der Waals surface area contributed by atoms with Crippen LogP contribution in [0.2, 0.25) is 5.02 Å². The van der Waals surface area contributed by atoms with E-state index >= 15 is 0 Å². The third-order valence-electron chi connectivity index (χ3n) is 12.9. The van der Waals surface area contributed by atoms with Crippen molar-refractivity contribution in [2.45, 2.75) is 87.0 Å². The van der Waals surface area contributed by atoms with Crippen molar-refractivity contribution in [1.29, 1.82) is 0 Å². The van der Waals surface area contributed by atoms with Gasteiger partial charge >= 0.3 is 0 Å². The van der Waals surface area contributed by atoms with Crippen molar-refractivity contribution in [2.75, 3.05) is 18.1 Å². The fraction of sp³-hybridized carbons (Fsp3) is 0.315. The Morgan fingerprint density at radius 2 is 1.38 bits per heavy atom. The van der Waals surface area contributed by atoms with Crippen LogP contribution < -0.4 is 54.4 Å². The number of hydrogen-bond acceptors (Lipinski definition) is 14. The molecule has 410 valence electrons. The van der Waals surface area contributed by atoms with Gasteiger partial charge in [0.25, 0.3) is 0 Å². The van der Waals surface area contributed by atoms with Crippen molar-refractivity contribution in [3.8, 4) is 0 Å². The van der Waals surface area contributed by atoms with Crippen LogP contribution >= 0.6 is 33.2 Å². The van der Waals surface area contributed by atoms with Crippen molar-refractivity contribution in [2.24, 2.45) is 17.2 Å². The lowest BCUT2D eigenvalue weighted by molar-refractivity contribution is -0.136. The average molecular weight is 1120 g/mol. The van der Waals surface area contributed by atoms with Crippen molar-refractivity contribution >= 4 is 102 Å². The van der Waals surface area contributed by atoms with Gasteiger partial charge in [0.05, 0.1) is 12.1 Å². The molecule has 78 heavy (non-hydrogen) atoms. The summed E-state index contributed by atoms with van der Waals surface area (Å²) in [5.41, 5.74) is 21.5. The average Bonchev–Trinajstić information content (AvgIpc) is 3.84. The quantitative estimate of drug-likeness (QED) is 0.0627. The van der Waals surface area contributed by atoms with E-state index in [-0.39, 0.29) is 37.2 Å². The van der Waals surface area contributed by atoms with Crippen LogP contribution in [-0.2, 0) is 64.0 Å². The zero-order valence-corrected chi connectivity index (χ0v) is 44.7. The molecule has 1 aliphatic rings. The highest BCUT2D eigenvalue weighted by Crippen LogP contribution is 2.25. The minimum absolute atomic E-state index is 0.0217. The number of carbonyl (C=O) groups is 8. The summed E-state index contributed by atoms with van der Waals surface area (Å²) in [6.45, 7) is 0.709. The van der Waals surface area contributed by atoms with Crippen molar-refractivity contribution in [3.05, 3.63) is 149 Å². The summed E-state index contributed by atoms with van der Waals surface area (Å²) in [6, 6.07) is 18.9. The first-order chi connectivity index (χ1) is 37.5. The van der Waals surface area contributed by atoms with Crippen LogP contribution in [0.1, 0.15) is 29.2 Å². The second-order valence-corrected chi connectivity index (χ2v) is 21.7. The van der Waals surface area contributed by atoms with E-state index in [1.807, 2.05) is 54.6 Å². The third-order valence-corrected chi connectivity index (χ3v) is 15.6. The summed E-state index contributed by atoms with van der Waals surface area (Å²) in [4.78, 5) is 120. The first-order valence-corrected chi connectivity index (χ1v) is 27.8. The molecule has 24 heteroatoms. The van der Waals surface area contributed by atoms with Crippen LogP contribution in [0.15, 0.2) is 122 Å². The minimum atomic E-state index is -1.73. The van der Waals surface area contributed by atoms with E-state index in [1.54, 1.807) is 54.7 Å². The van der Waals surface area contributed by atoms with Crippen LogP contribution in [-0.4, -0.2) is 135 Å². The van der Waals surface area contributed by atoms with Gasteiger partial charge in [0.2, 0.25) is 47.3 Å². The Kier molecular flexibility index (Phi) is 20.6. The molecule has 9 atom stereocenters. The zero-order chi connectivity index (χ0) is 55.9. The largest absolute Gasteiger partial charge is 0.391 e. The highest BCUT2D eigenvalue weighted by Gasteiger charge is 2.36. The van der Waals surface area contributed by atoms with Gasteiger partial charge in [0.15, 0.2) is 0 Å². The highest BCUT2D eigenvalue weighted by atomic mass is 35.5. The SMILES string of the molecule is C[C@@H](O)[C@@H]1NC(=O)[C@@H](CN)NC(=O)[C@@H](Cc2c[nH]c3ccccc23)NC(=O)[C@H](Cc2cccnc2)NC(=O)[C@H](NC(=O)[C@@H](N)Cc2ccc(Cl)cc2)CSSC[C@@H](C(=O)N[C@@H](Cc2ccc3ccccc3c2)C(N)=O)NC1=O. The number of aliphatic hydroxyl groups excluding tert-OH is 1. The Labute approximate surface area is 461 Å². The highest BCUT2D eigenvalue weighted by molar-refractivity contribution is 8.76. The number of pyridine rings is 1. The molecular formula is C54H61ClN12O9S2. The summed E-state index contributed by atoms with van der Waals surface area (Å²) in [5.74, 6) is -7.48. The number of carbonyl (C=O) groups excluding carboxylic acids is 8. The molecule has 8 amide bonds. The van der Waals surface area contributed by atoms with Crippen LogP contribution in [0.4, 0.5) is 0 Å². The molecular weight excluding hydrogens is 1060 g/mol. The lowest BCUT2D eigenvalue weighted by Crippen LogP contribution is -2.63. The molecule has 3 heterocycles. The molecule has 21 nitrogen and oxygen atoms in total. The molecule has 2 aromatic heterocycles. The van der Waals surface area contributed by atoms with Gasteiger partial charge in [-0.25, -0.2) is 0 Å².